The number of carboxylic acid groups (broad SMARTS) is 1. The van der Waals surface area contributed by atoms with Crippen LogP contribution in [0.15, 0.2) is 69.6 Å². The Hall–Kier alpha value is -3.94. The van der Waals surface area contributed by atoms with Crippen LogP contribution in [0.25, 0.3) is 0 Å². The summed E-state index contributed by atoms with van der Waals surface area (Å²) in [7, 11) is 0. The fourth-order valence-corrected chi connectivity index (χ4v) is 8.51. The number of Topliss-reactive ketones (excluding diaryl/α,β-unsaturated/α-hetero) is 1. The Bertz CT molecular complexity index is 1700. The Morgan fingerprint density at radius 2 is 1.59 bits per heavy atom. The highest BCUT2D eigenvalue weighted by Gasteiger charge is 2.38. The van der Waals surface area contributed by atoms with E-state index in [0.29, 0.717) is 41.4 Å². The molecule has 0 spiro atoms. The molecule has 3 aromatic rings. The van der Waals surface area contributed by atoms with Crippen molar-refractivity contribution in [2.45, 2.75) is 56.7 Å². The Labute approximate surface area is 301 Å². The fourth-order valence-electron chi connectivity index (χ4n) is 7.23. The van der Waals surface area contributed by atoms with Gasteiger partial charge >= 0.3 is 18.0 Å². The maximum atomic E-state index is 14.7. The highest BCUT2D eigenvalue weighted by atomic mass is 79.9. The number of carbonyl (C=O) groups is 4. The molecule has 2 fully saturated rings. The molecule has 3 aliphatic rings. The number of anilines is 1. The van der Waals surface area contributed by atoms with E-state index in [-0.39, 0.29) is 47.5 Å². The zero-order valence-corrected chi connectivity index (χ0v) is 30.0. The van der Waals surface area contributed by atoms with Crippen molar-refractivity contribution < 1.29 is 29.4 Å². The quantitative estimate of drug-likeness (QED) is 0.176. The van der Waals surface area contributed by atoms with Gasteiger partial charge in [0.25, 0.3) is 0 Å². The second-order valence-corrected chi connectivity index (χ2v) is 14.7. The van der Waals surface area contributed by atoms with Crippen LogP contribution in [0.2, 0.25) is 0 Å². The van der Waals surface area contributed by atoms with Crippen LogP contribution in [0.1, 0.15) is 58.6 Å². The van der Waals surface area contributed by atoms with Crippen LogP contribution in [0.4, 0.5) is 15.3 Å². The third-order valence-corrected chi connectivity index (χ3v) is 11.1. The molecular formula is C36H39Br2N5O6. The number of aromatic hydroxyl groups is 1. The number of para-hydroxylation sites is 1. The van der Waals surface area contributed by atoms with Gasteiger partial charge in [0.15, 0.2) is 5.78 Å². The summed E-state index contributed by atoms with van der Waals surface area (Å²) in [4.78, 5) is 56.7. The zero-order chi connectivity index (χ0) is 34.7. The van der Waals surface area contributed by atoms with Gasteiger partial charge in [0.2, 0.25) is 0 Å². The topological polar surface area (TPSA) is 151 Å². The molecule has 2 atom stereocenters. The predicted molar refractivity (Wildman–Crippen MR) is 192 cm³/mol. The van der Waals surface area contributed by atoms with Gasteiger partial charge in [0.1, 0.15) is 5.75 Å². The lowest BCUT2D eigenvalue weighted by Crippen LogP contribution is -2.55. The molecule has 5 N–H and O–H groups in total. The van der Waals surface area contributed by atoms with Crippen molar-refractivity contribution >= 4 is 61.4 Å². The smallest absolute Gasteiger partial charge is 0.335 e. The summed E-state index contributed by atoms with van der Waals surface area (Å²) in [6.07, 6.45) is 2.91. The molecule has 3 aliphatic heterocycles. The number of likely N-dealkylation sites (tertiary alicyclic amines) is 1. The van der Waals surface area contributed by atoms with Crippen LogP contribution < -0.4 is 16.0 Å². The Morgan fingerprint density at radius 1 is 0.939 bits per heavy atom. The number of phenolic OH excluding ortho intramolecular Hbond substituents is 1. The van der Waals surface area contributed by atoms with Crippen LogP contribution in [0.3, 0.4) is 0 Å². The van der Waals surface area contributed by atoms with E-state index in [2.05, 4.69) is 47.8 Å². The summed E-state index contributed by atoms with van der Waals surface area (Å²) < 4.78 is 0.917. The third kappa shape index (κ3) is 7.94. The first-order valence-electron chi connectivity index (χ1n) is 16.5. The largest absolute Gasteiger partial charge is 0.506 e. The minimum absolute atomic E-state index is 0.00122. The molecule has 0 bridgehead atoms. The molecule has 3 aromatic carbocycles. The van der Waals surface area contributed by atoms with Crippen LogP contribution in [0.5, 0.6) is 5.75 Å². The van der Waals surface area contributed by atoms with Crippen molar-refractivity contribution in [3.8, 4) is 5.75 Å². The molecule has 0 aromatic heterocycles. The number of urea groups is 2. The van der Waals surface area contributed by atoms with Gasteiger partial charge in [-0.1, -0.05) is 30.3 Å². The molecule has 13 heteroatoms. The molecule has 1 unspecified atom stereocenters. The number of hydrogen-bond donors (Lipinski definition) is 5. The number of rotatable bonds is 9. The van der Waals surface area contributed by atoms with E-state index in [1.54, 1.807) is 29.2 Å². The number of fused-ring (bicyclic) bond motifs is 1. The average Bonchev–Trinajstić information content (AvgIpc) is 3.10. The summed E-state index contributed by atoms with van der Waals surface area (Å²) in [5, 5.41) is 29.2. The molecule has 11 nitrogen and oxygen atoms in total. The molecule has 6 rings (SSSR count). The predicted octanol–water partition coefficient (Wildman–Crippen LogP) is 6.10. The summed E-state index contributed by atoms with van der Waals surface area (Å²) in [5.74, 6) is -1.72. The second kappa shape index (κ2) is 15.3. The molecule has 0 aliphatic carbocycles. The van der Waals surface area contributed by atoms with E-state index in [0.717, 1.165) is 48.3 Å². The van der Waals surface area contributed by atoms with Gasteiger partial charge in [-0.05, 0) is 130 Å². The summed E-state index contributed by atoms with van der Waals surface area (Å²) in [5.41, 5.74) is 3.46. The van der Waals surface area contributed by atoms with Crippen molar-refractivity contribution in [3.05, 3.63) is 91.9 Å². The third-order valence-electron chi connectivity index (χ3n) is 9.89. The van der Waals surface area contributed by atoms with E-state index < -0.39 is 17.9 Å². The highest BCUT2D eigenvalue weighted by molar-refractivity contribution is 9.11. The maximum Gasteiger partial charge on any atom is 0.335 e. The molecule has 0 radical (unpaired) electrons. The second-order valence-electron chi connectivity index (χ2n) is 12.9. The molecule has 0 saturated carbocycles. The SMILES string of the molecule is O=C(O)c1ccc(C(C(=O)[C@@H](Cc2cc(Br)c(O)c(Br)c2)NC(=O)N2CCC(N3Cc4ccccc4NC3=O)CC2)C2CCNCC2)cc1. The number of benzene rings is 3. The normalized spacial score (nSPS) is 18.3. The van der Waals surface area contributed by atoms with Gasteiger partial charge < -0.3 is 36.0 Å². The lowest BCUT2D eigenvalue weighted by molar-refractivity contribution is -0.123. The number of nitrogens with one attached hydrogen (secondary N) is 3. The zero-order valence-electron chi connectivity index (χ0n) is 26.8. The Kier molecular flexibility index (Phi) is 10.9. The number of amides is 4. The van der Waals surface area contributed by atoms with Crippen LogP contribution >= 0.6 is 31.9 Å². The highest BCUT2D eigenvalue weighted by Crippen LogP contribution is 2.36. The standard InChI is InChI=1S/C36H39Br2N5O6/c37-27-17-21(18-28(38)32(27)44)19-30(33(45)31(23-9-13-39-14-10-23)22-5-7-24(8-6-22)34(46)47)41-35(48)42-15-11-26(12-16-42)43-20-25-3-1-2-4-29(25)40-36(43)49/h1-8,17-18,23,26,30-31,39,44H,9-16,19-20H2,(H,40,49)(H,41,48)(H,46,47)/t30-,31?/m1/s1. The van der Waals surface area contributed by atoms with Crippen molar-refractivity contribution in [2.24, 2.45) is 5.92 Å². The molecule has 2 saturated heterocycles. The van der Waals surface area contributed by atoms with Crippen molar-refractivity contribution in [3.63, 3.8) is 0 Å². The van der Waals surface area contributed by atoms with E-state index >= 15 is 0 Å². The van der Waals surface area contributed by atoms with E-state index in [4.69, 9.17) is 0 Å². The van der Waals surface area contributed by atoms with Crippen molar-refractivity contribution in [1.29, 1.82) is 0 Å². The number of carboxylic acids is 1. The monoisotopic (exact) mass is 795 g/mol. The van der Waals surface area contributed by atoms with Crippen molar-refractivity contribution in [2.75, 3.05) is 31.5 Å². The Morgan fingerprint density at radius 3 is 2.24 bits per heavy atom. The number of piperidine rings is 2. The molecule has 49 heavy (non-hydrogen) atoms. The van der Waals surface area contributed by atoms with Gasteiger partial charge in [-0.15, -0.1) is 0 Å². The van der Waals surface area contributed by atoms with Crippen LogP contribution in [-0.2, 0) is 17.8 Å². The number of hydrogen-bond acceptors (Lipinski definition) is 6. The first-order chi connectivity index (χ1) is 23.6. The minimum atomic E-state index is -1.04. The number of halogens is 2. The van der Waals surface area contributed by atoms with Crippen LogP contribution in [0, 0.1) is 5.92 Å². The van der Waals surface area contributed by atoms with Gasteiger partial charge in [-0.2, -0.15) is 0 Å². The molecule has 258 valence electrons. The number of ketones is 1. The van der Waals surface area contributed by atoms with Gasteiger partial charge in [-0.3, -0.25) is 4.79 Å². The first-order valence-corrected chi connectivity index (χ1v) is 18.1. The first kappa shape index (κ1) is 34.9. The summed E-state index contributed by atoms with van der Waals surface area (Å²) in [6.45, 7) is 2.87. The minimum Gasteiger partial charge on any atom is -0.506 e. The van der Waals surface area contributed by atoms with E-state index in [9.17, 15) is 29.4 Å². The Balaban J connectivity index is 1.22. The van der Waals surface area contributed by atoms with E-state index in [1.807, 2.05) is 29.2 Å². The van der Waals surface area contributed by atoms with Gasteiger partial charge in [-0.25, -0.2) is 14.4 Å². The van der Waals surface area contributed by atoms with Crippen LogP contribution in [-0.4, -0.2) is 82.1 Å². The van der Waals surface area contributed by atoms with Crippen molar-refractivity contribution in [1.82, 2.24) is 20.4 Å². The van der Waals surface area contributed by atoms with Gasteiger partial charge in [0.05, 0.1) is 20.6 Å². The van der Waals surface area contributed by atoms with Gasteiger partial charge in [0, 0.05) is 37.3 Å². The molecule has 4 amide bonds. The number of carbonyl (C=O) groups excluding carboxylic acids is 3. The number of aromatic carboxylic acids is 1. The number of nitrogens with zero attached hydrogens (tertiary/aromatic N) is 2. The summed E-state index contributed by atoms with van der Waals surface area (Å²) in [6, 6.07) is 16.3. The van der Waals surface area contributed by atoms with E-state index in [1.165, 1.54) is 12.1 Å². The maximum absolute atomic E-state index is 14.7. The molecular weight excluding hydrogens is 758 g/mol. The molecule has 3 heterocycles. The average molecular weight is 798 g/mol. The lowest BCUT2D eigenvalue weighted by Gasteiger charge is -2.41. The lowest BCUT2D eigenvalue weighted by atomic mass is 9.75. The number of phenols is 1. The fraction of sp³-hybridized carbons (Fsp3) is 0.389. The summed E-state index contributed by atoms with van der Waals surface area (Å²) >= 11 is 6.78.